The van der Waals surface area contributed by atoms with E-state index < -0.39 is 36.5 Å². The van der Waals surface area contributed by atoms with Crippen molar-refractivity contribution in [3.8, 4) is 0 Å². The van der Waals surface area contributed by atoms with E-state index in [4.69, 9.17) is 18.9 Å². The highest BCUT2D eigenvalue weighted by molar-refractivity contribution is 5.13. The molecule has 1 aromatic carbocycles. The molecule has 5 atom stereocenters. The van der Waals surface area contributed by atoms with Crippen LogP contribution in [0.3, 0.4) is 0 Å². The van der Waals surface area contributed by atoms with E-state index >= 15 is 0 Å². The predicted octanol–water partition coefficient (Wildman–Crippen LogP) is 0.801. The molecule has 0 radical (unpaired) electrons. The first-order valence-corrected chi connectivity index (χ1v) is 7.45. The highest BCUT2D eigenvalue weighted by Crippen LogP contribution is 2.38. The van der Waals surface area contributed by atoms with Gasteiger partial charge in [0.25, 0.3) is 0 Å². The SMILES string of the molecule is CC1(C)O[C@H]2O[C@H]([C@H](O)COCc3ccccc3)[C@@H](O)[C@H]2O1. The number of aliphatic hydroxyl groups is 2. The lowest BCUT2D eigenvalue weighted by Crippen LogP contribution is -2.42. The third-order valence-electron chi connectivity index (χ3n) is 3.83. The Labute approximate surface area is 129 Å². The van der Waals surface area contributed by atoms with Crippen LogP contribution < -0.4 is 0 Å². The van der Waals surface area contributed by atoms with E-state index in [1.165, 1.54) is 0 Å². The predicted molar refractivity (Wildman–Crippen MR) is 76.8 cm³/mol. The second kappa shape index (κ2) is 6.23. The van der Waals surface area contributed by atoms with Crippen molar-refractivity contribution >= 4 is 0 Å². The molecule has 0 bridgehead atoms. The zero-order valence-corrected chi connectivity index (χ0v) is 12.7. The van der Waals surface area contributed by atoms with Crippen LogP contribution in [0.5, 0.6) is 0 Å². The number of fused-ring (bicyclic) bond motifs is 1. The largest absolute Gasteiger partial charge is 0.388 e. The minimum Gasteiger partial charge on any atom is -0.388 e. The maximum absolute atomic E-state index is 10.2. The smallest absolute Gasteiger partial charge is 0.190 e. The third-order valence-corrected chi connectivity index (χ3v) is 3.83. The molecule has 3 rings (SSSR count). The molecular formula is C16H22O6. The summed E-state index contributed by atoms with van der Waals surface area (Å²) in [4.78, 5) is 0. The molecule has 2 aliphatic heterocycles. The van der Waals surface area contributed by atoms with Crippen molar-refractivity contribution in [2.45, 2.75) is 56.9 Å². The molecule has 0 saturated carbocycles. The van der Waals surface area contributed by atoms with Gasteiger partial charge in [-0.1, -0.05) is 30.3 Å². The molecule has 6 nitrogen and oxygen atoms in total. The number of ether oxygens (including phenoxy) is 4. The highest BCUT2D eigenvalue weighted by Gasteiger charge is 2.55. The third kappa shape index (κ3) is 3.32. The van der Waals surface area contributed by atoms with Crippen LogP contribution in [0, 0.1) is 0 Å². The van der Waals surface area contributed by atoms with E-state index in [9.17, 15) is 10.2 Å². The summed E-state index contributed by atoms with van der Waals surface area (Å²) in [6, 6.07) is 9.68. The highest BCUT2D eigenvalue weighted by atomic mass is 16.8. The van der Waals surface area contributed by atoms with Crippen LogP contribution in [0.2, 0.25) is 0 Å². The maximum Gasteiger partial charge on any atom is 0.190 e. The molecule has 0 spiro atoms. The van der Waals surface area contributed by atoms with Crippen molar-refractivity contribution < 1.29 is 29.2 Å². The van der Waals surface area contributed by atoms with Crippen molar-refractivity contribution in [2.75, 3.05) is 6.61 Å². The Morgan fingerprint density at radius 2 is 1.95 bits per heavy atom. The number of aliphatic hydroxyl groups excluding tert-OH is 2. The van der Waals surface area contributed by atoms with E-state index in [1.807, 2.05) is 30.3 Å². The van der Waals surface area contributed by atoms with Gasteiger partial charge in [0.2, 0.25) is 0 Å². The zero-order chi connectivity index (χ0) is 15.7. The van der Waals surface area contributed by atoms with Crippen molar-refractivity contribution in [1.29, 1.82) is 0 Å². The molecular weight excluding hydrogens is 288 g/mol. The first kappa shape index (κ1) is 15.9. The van der Waals surface area contributed by atoms with Gasteiger partial charge in [0.15, 0.2) is 12.1 Å². The average Bonchev–Trinajstić information content (AvgIpc) is 2.94. The molecule has 2 fully saturated rings. The topological polar surface area (TPSA) is 77.4 Å². The molecule has 2 saturated heterocycles. The van der Waals surface area contributed by atoms with Crippen LogP contribution in [0.1, 0.15) is 19.4 Å². The Balaban J connectivity index is 1.48. The molecule has 0 unspecified atom stereocenters. The summed E-state index contributed by atoms with van der Waals surface area (Å²) in [5, 5.41) is 20.4. The standard InChI is InChI=1S/C16H22O6/c1-16(2)21-14-12(18)13(20-15(14)22-16)11(17)9-19-8-10-6-4-3-5-7-10/h3-7,11-15,17-18H,8-9H2,1-2H3/t11-,12-,13-,14-,15-/m1/s1. The molecule has 6 heteroatoms. The van der Waals surface area contributed by atoms with Gasteiger partial charge in [-0.25, -0.2) is 0 Å². The van der Waals surface area contributed by atoms with E-state index in [-0.39, 0.29) is 6.61 Å². The van der Waals surface area contributed by atoms with E-state index in [0.717, 1.165) is 5.56 Å². The molecule has 2 N–H and O–H groups in total. The fourth-order valence-corrected chi connectivity index (χ4v) is 2.80. The quantitative estimate of drug-likeness (QED) is 0.838. The van der Waals surface area contributed by atoms with Crippen molar-refractivity contribution in [3.05, 3.63) is 35.9 Å². The van der Waals surface area contributed by atoms with Crippen LogP contribution >= 0.6 is 0 Å². The summed E-state index contributed by atoms with van der Waals surface area (Å²) in [5.74, 6) is -0.782. The summed E-state index contributed by atoms with van der Waals surface area (Å²) in [5.41, 5.74) is 1.02. The normalized spacial score (nSPS) is 34.5. The van der Waals surface area contributed by atoms with E-state index in [1.54, 1.807) is 13.8 Å². The average molecular weight is 310 g/mol. The van der Waals surface area contributed by atoms with Gasteiger partial charge in [-0.3, -0.25) is 0 Å². The molecule has 0 aliphatic carbocycles. The van der Waals surface area contributed by atoms with Crippen LogP contribution in [-0.2, 0) is 25.6 Å². The molecule has 2 aliphatic rings. The van der Waals surface area contributed by atoms with E-state index in [2.05, 4.69) is 0 Å². The molecule has 1 aromatic rings. The second-order valence-electron chi connectivity index (χ2n) is 6.13. The molecule has 0 aromatic heterocycles. The molecule has 0 amide bonds. The molecule has 2 heterocycles. The number of hydrogen-bond donors (Lipinski definition) is 2. The van der Waals surface area contributed by atoms with Crippen molar-refractivity contribution in [3.63, 3.8) is 0 Å². The van der Waals surface area contributed by atoms with Gasteiger partial charge in [0.05, 0.1) is 13.2 Å². The number of rotatable bonds is 5. The summed E-state index contributed by atoms with van der Waals surface area (Å²) in [7, 11) is 0. The monoisotopic (exact) mass is 310 g/mol. The minimum absolute atomic E-state index is 0.0689. The van der Waals surface area contributed by atoms with Gasteiger partial charge < -0.3 is 29.2 Å². The summed E-state index contributed by atoms with van der Waals surface area (Å²) >= 11 is 0. The summed E-state index contributed by atoms with van der Waals surface area (Å²) < 4.78 is 22.2. The van der Waals surface area contributed by atoms with Crippen LogP contribution in [0.25, 0.3) is 0 Å². The summed E-state index contributed by atoms with van der Waals surface area (Å²) in [6.45, 7) is 3.98. The van der Waals surface area contributed by atoms with Gasteiger partial charge in [0.1, 0.15) is 24.4 Å². The fourth-order valence-electron chi connectivity index (χ4n) is 2.80. The van der Waals surface area contributed by atoms with Crippen LogP contribution in [0.4, 0.5) is 0 Å². The Hall–Kier alpha value is -1.02. The van der Waals surface area contributed by atoms with E-state index in [0.29, 0.717) is 6.61 Å². The van der Waals surface area contributed by atoms with Gasteiger partial charge >= 0.3 is 0 Å². The second-order valence-corrected chi connectivity index (χ2v) is 6.13. The number of hydrogen-bond acceptors (Lipinski definition) is 6. The Morgan fingerprint density at radius 1 is 1.23 bits per heavy atom. The lowest BCUT2D eigenvalue weighted by molar-refractivity contribution is -0.228. The Bertz CT molecular complexity index is 491. The lowest BCUT2D eigenvalue weighted by atomic mass is 10.1. The van der Waals surface area contributed by atoms with Gasteiger partial charge in [-0.2, -0.15) is 0 Å². The molecule has 22 heavy (non-hydrogen) atoms. The van der Waals surface area contributed by atoms with Gasteiger partial charge in [-0.05, 0) is 19.4 Å². The van der Waals surface area contributed by atoms with Gasteiger partial charge in [0, 0.05) is 0 Å². The molecule has 122 valence electrons. The Kier molecular flexibility index (Phi) is 4.49. The zero-order valence-electron chi connectivity index (χ0n) is 12.7. The first-order chi connectivity index (χ1) is 10.5. The van der Waals surface area contributed by atoms with Gasteiger partial charge in [-0.15, -0.1) is 0 Å². The number of benzene rings is 1. The van der Waals surface area contributed by atoms with Crippen molar-refractivity contribution in [2.24, 2.45) is 0 Å². The Morgan fingerprint density at radius 3 is 2.64 bits per heavy atom. The minimum atomic E-state index is -0.945. The lowest BCUT2D eigenvalue weighted by Gasteiger charge is -2.25. The van der Waals surface area contributed by atoms with Crippen LogP contribution in [0.15, 0.2) is 30.3 Å². The fraction of sp³-hybridized carbons (Fsp3) is 0.625. The summed E-state index contributed by atoms with van der Waals surface area (Å²) in [6.07, 6.45) is -3.90. The van der Waals surface area contributed by atoms with Crippen LogP contribution in [-0.4, -0.2) is 53.3 Å². The van der Waals surface area contributed by atoms with Crippen molar-refractivity contribution in [1.82, 2.24) is 0 Å². The first-order valence-electron chi connectivity index (χ1n) is 7.45. The maximum atomic E-state index is 10.2.